The van der Waals surface area contributed by atoms with Gasteiger partial charge in [0.1, 0.15) is 0 Å². The maximum Gasteiger partial charge on any atom is 0.227 e. The zero-order valence-corrected chi connectivity index (χ0v) is 13.7. The number of hydrogen-bond donors (Lipinski definition) is 2. The Kier molecular flexibility index (Phi) is 6.96. The molecule has 1 aliphatic rings. The fourth-order valence-electron chi connectivity index (χ4n) is 3.13. The molecule has 0 aromatic heterocycles. The first kappa shape index (κ1) is 17.4. The topological polar surface area (TPSA) is 58.4 Å². The maximum absolute atomic E-state index is 12.6. The summed E-state index contributed by atoms with van der Waals surface area (Å²) in [5, 5.41) is 3.19. The van der Waals surface area contributed by atoms with Crippen molar-refractivity contribution in [2.45, 2.75) is 59.4 Å². The van der Waals surface area contributed by atoms with Crippen LogP contribution in [0.15, 0.2) is 0 Å². The van der Waals surface area contributed by atoms with Crippen LogP contribution in [0.1, 0.15) is 53.4 Å². The molecule has 1 saturated carbocycles. The van der Waals surface area contributed by atoms with Crippen molar-refractivity contribution in [2.24, 2.45) is 17.1 Å². The van der Waals surface area contributed by atoms with E-state index < -0.39 is 0 Å². The van der Waals surface area contributed by atoms with Crippen molar-refractivity contribution in [2.75, 3.05) is 26.2 Å². The standard InChI is InChI=1S/C16H33N3O/c1-5-19(6-2)11-14(4)18-15(20)16(12-17)9-7-13(3)8-10-16/h13-14H,5-12,17H2,1-4H3,(H,18,20). The van der Waals surface area contributed by atoms with Gasteiger partial charge in [0.2, 0.25) is 5.91 Å². The molecule has 0 aliphatic heterocycles. The third-order valence-corrected chi connectivity index (χ3v) is 4.91. The summed E-state index contributed by atoms with van der Waals surface area (Å²) in [6.07, 6.45) is 4.12. The minimum Gasteiger partial charge on any atom is -0.352 e. The van der Waals surface area contributed by atoms with Crippen molar-refractivity contribution < 1.29 is 4.79 Å². The summed E-state index contributed by atoms with van der Waals surface area (Å²) in [5.41, 5.74) is 5.63. The lowest BCUT2D eigenvalue weighted by molar-refractivity contribution is -0.133. The number of hydrogen-bond acceptors (Lipinski definition) is 3. The van der Waals surface area contributed by atoms with Crippen molar-refractivity contribution in [1.82, 2.24) is 10.2 Å². The van der Waals surface area contributed by atoms with Gasteiger partial charge < -0.3 is 16.0 Å². The molecule has 118 valence electrons. The Morgan fingerprint density at radius 2 is 1.90 bits per heavy atom. The largest absolute Gasteiger partial charge is 0.352 e. The maximum atomic E-state index is 12.6. The normalized spacial score (nSPS) is 28.4. The van der Waals surface area contributed by atoms with E-state index in [0.29, 0.717) is 6.54 Å². The highest BCUT2D eigenvalue weighted by atomic mass is 16.2. The van der Waals surface area contributed by atoms with Crippen LogP contribution in [0.5, 0.6) is 0 Å². The summed E-state index contributed by atoms with van der Waals surface area (Å²) in [6, 6.07) is 0.185. The Balaban J connectivity index is 2.55. The summed E-state index contributed by atoms with van der Waals surface area (Å²) < 4.78 is 0. The zero-order valence-electron chi connectivity index (χ0n) is 13.7. The van der Waals surface area contributed by atoms with Crippen LogP contribution >= 0.6 is 0 Å². The number of nitrogens with two attached hydrogens (primary N) is 1. The minimum atomic E-state index is -0.315. The number of likely N-dealkylation sites (N-methyl/N-ethyl adjacent to an activating group) is 1. The summed E-state index contributed by atoms with van der Waals surface area (Å²) in [4.78, 5) is 15.0. The highest BCUT2D eigenvalue weighted by Crippen LogP contribution is 2.38. The van der Waals surface area contributed by atoms with Gasteiger partial charge in [-0.05, 0) is 51.6 Å². The third kappa shape index (κ3) is 4.45. The molecule has 1 rings (SSSR count). The Labute approximate surface area is 124 Å². The number of amides is 1. The van der Waals surface area contributed by atoms with E-state index in [1.165, 1.54) is 0 Å². The Morgan fingerprint density at radius 3 is 2.35 bits per heavy atom. The first-order chi connectivity index (χ1) is 9.47. The van der Waals surface area contributed by atoms with Crippen molar-refractivity contribution >= 4 is 5.91 Å². The summed E-state index contributed by atoms with van der Waals surface area (Å²) >= 11 is 0. The van der Waals surface area contributed by atoms with Crippen LogP contribution < -0.4 is 11.1 Å². The zero-order chi connectivity index (χ0) is 15.2. The quantitative estimate of drug-likeness (QED) is 0.751. The Bertz CT molecular complexity index is 294. The molecule has 0 aromatic carbocycles. The first-order valence-corrected chi connectivity index (χ1v) is 8.20. The fraction of sp³-hybridized carbons (Fsp3) is 0.938. The van der Waals surface area contributed by atoms with Crippen LogP contribution in [0.25, 0.3) is 0 Å². The van der Waals surface area contributed by atoms with Crippen LogP contribution in [0.3, 0.4) is 0 Å². The van der Waals surface area contributed by atoms with Crippen molar-refractivity contribution in [3.05, 3.63) is 0 Å². The van der Waals surface area contributed by atoms with Gasteiger partial charge in [-0.2, -0.15) is 0 Å². The molecule has 1 atom stereocenters. The first-order valence-electron chi connectivity index (χ1n) is 8.20. The van der Waals surface area contributed by atoms with Gasteiger partial charge >= 0.3 is 0 Å². The number of carbonyl (C=O) groups excluding carboxylic acids is 1. The monoisotopic (exact) mass is 283 g/mol. The van der Waals surface area contributed by atoms with Gasteiger partial charge in [0.25, 0.3) is 0 Å². The van der Waals surface area contributed by atoms with Gasteiger partial charge in [0.05, 0.1) is 5.41 Å². The van der Waals surface area contributed by atoms with Crippen LogP contribution in [0, 0.1) is 11.3 Å². The van der Waals surface area contributed by atoms with E-state index in [0.717, 1.165) is 51.2 Å². The predicted octanol–water partition coefficient (Wildman–Crippen LogP) is 1.99. The molecule has 20 heavy (non-hydrogen) atoms. The Hall–Kier alpha value is -0.610. The van der Waals surface area contributed by atoms with Crippen molar-refractivity contribution in [1.29, 1.82) is 0 Å². The molecule has 4 heteroatoms. The summed E-state index contributed by atoms with van der Waals surface area (Å²) in [7, 11) is 0. The lowest BCUT2D eigenvalue weighted by atomic mass is 9.70. The van der Waals surface area contributed by atoms with E-state index in [1.807, 2.05) is 0 Å². The van der Waals surface area contributed by atoms with Crippen LogP contribution in [-0.2, 0) is 4.79 Å². The SMILES string of the molecule is CCN(CC)CC(C)NC(=O)C1(CN)CCC(C)CC1. The number of carbonyl (C=O) groups is 1. The lowest BCUT2D eigenvalue weighted by Crippen LogP contribution is -2.52. The molecule has 4 nitrogen and oxygen atoms in total. The second kappa shape index (κ2) is 7.99. The van der Waals surface area contributed by atoms with Crippen molar-refractivity contribution in [3.8, 4) is 0 Å². The molecule has 0 spiro atoms. The molecule has 3 N–H and O–H groups in total. The molecule has 0 radical (unpaired) electrons. The van der Waals surface area contributed by atoms with Crippen LogP contribution in [0.4, 0.5) is 0 Å². The van der Waals surface area contributed by atoms with E-state index in [4.69, 9.17) is 5.73 Å². The molecule has 1 aliphatic carbocycles. The second-order valence-corrected chi connectivity index (χ2v) is 6.53. The fourth-order valence-corrected chi connectivity index (χ4v) is 3.13. The van der Waals surface area contributed by atoms with Crippen molar-refractivity contribution in [3.63, 3.8) is 0 Å². The van der Waals surface area contributed by atoms with Crippen LogP contribution in [-0.4, -0.2) is 43.0 Å². The van der Waals surface area contributed by atoms with E-state index in [1.54, 1.807) is 0 Å². The highest BCUT2D eigenvalue weighted by molar-refractivity contribution is 5.83. The molecule has 1 unspecified atom stereocenters. The minimum absolute atomic E-state index is 0.173. The van der Waals surface area contributed by atoms with E-state index in [2.05, 4.69) is 37.9 Å². The van der Waals surface area contributed by atoms with E-state index in [-0.39, 0.29) is 17.4 Å². The highest BCUT2D eigenvalue weighted by Gasteiger charge is 2.40. The molecule has 0 heterocycles. The predicted molar refractivity (Wildman–Crippen MR) is 84.5 cm³/mol. The number of rotatable bonds is 7. The molecule has 0 aromatic rings. The van der Waals surface area contributed by atoms with Gasteiger partial charge in [-0.3, -0.25) is 4.79 Å². The molecule has 0 bridgehead atoms. The van der Waals surface area contributed by atoms with E-state index in [9.17, 15) is 4.79 Å². The van der Waals surface area contributed by atoms with Gasteiger partial charge in [-0.1, -0.05) is 20.8 Å². The molecule has 0 saturated heterocycles. The third-order valence-electron chi connectivity index (χ3n) is 4.91. The number of nitrogens with zero attached hydrogens (tertiary/aromatic N) is 1. The Morgan fingerprint density at radius 1 is 1.35 bits per heavy atom. The average molecular weight is 283 g/mol. The second-order valence-electron chi connectivity index (χ2n) is 6.53. The number of nitrogens with one attached hydrogen (secondary N) is 1. The van der Waals surface area contributed by atoms with Crippen LogP contribution in [0.2, 0.25) is 0 Å². The van der Waals surface area contributed by atoms with Gasteiger partial charge in [-0.25, -0.2) is 0 Å². The molecular formula is C16H33N3O. The molecule has 1 fully saturated rings. The van der Waals surface area contributed by atoms with Gasteiger partial charge in [0, 0.05) is 19.1 Å². The molecule has 1 amide bonds. The van der Waals surface area contributed by atoms with Gasteiger partial charge in [-0.15, -0.1) is 0 Å². The van der Waals surface area contributed by atoms with Gasteiger partial charge in [0.15, 0.2) is 0 Å². The molecular weight excluding hydrogens is 250 g/mol. The lowest BCUT2D eigenvalue weighted by Gasteiger charge is -2.38. The summed E-state index contributed by atoms with van der Waals surface area (Å²) in [6.45, 7) is 12.1. The smallest absolute Gasteiger partial charge is 0.227 e. The van der Waals surface area contributed by atoms with E-state index >= 15 is 0 Å². The summed E-state index contributed by atoms with van der Waals surface area (Å²) in [5.74, 6) is 0.905. The average Bonchev–Trinajstić information content (AvgIpc) is 2.45.